The highest BCUT2D eigenvalue weighted by Crippen LogP contribution is 2.35. The number of aliphatic hydroxyl groups is 3. The Hall–Kier alpha value is -2.32. The van der Waals surface area contributed by atoms with Crippen LogP contribution < -0.4 is 5.32 Å². The number of carboxylic acids is 1. The van der Waals surface area contributed by atoms with Crippen molar-refractivity contribution >= 4 is 23.8 Å². The van der Waals surface area contributed by atoms with Crippen LogP contribution in [0.1, 0.15) is 34.1 Å². The third-order valence-electron chi connectivity index (χ3n) is 4.25. The Labute approximate surface area is 178 Å². The number of aliphatic hydroxyl groups excluding tert-OH is 3. The summed E-state index contributed by atoms with van der Waals surface area (Å²) in [4.78, 5) is 46.7. The van der Waals surface area contributed by atoms with E-state index < -0.39 is 79.2 Å². The molecule has 1 aliphatic heterocycles. The summed E-state index contributed by atoms with van der Waals surface area (Å²) in [6.45, 7) is 3.89. The lowest BCUT2D eigenvalue weighted by atomic mass is 9.88. The molecule has 1 saturated heterocycles. The summed E-state index contributed by atoms with van der Waals surface area (Å²) < 4.78 is 20.4. The van der Waals surface area contributed by atoms with E-state index in [4.69, 9.17) is 18.9 Å². The lowest BCUT2D eigenvalue weighted by molar-refractivity contribution is -0.301. The highest BCUT2D eigenvalue weighted by Gasteiger charge is 2.58. The molecule has 1 heterocycles. The predicted octanol–water partition coefficient (Wildman–Crippen LogP) is -2.33. The molecular formula is C18H29NO12. The fourth-order valence-corrected chi connectivity index (χ4v) is 3.12. The van der Waals surface area contributed by atoms with Gasteiger partial charge in [0.25, 0.3) is 0 Å². The van der Waals surface area contributed by atoms with E-state index in [-0.39, 0.29) is 6.61 Å². The van der Waals surface area contributed by atoms with Crippen LogP contribution in [-0.4, -0.2) is 99.8 Å². The van der Waals surface area contributed by atoms with E-state index in [9.17, 15) is 39.6 Å². The first-order valence-electron chi connectivity index (χ1n) is 9.46. The minimum Gasteiger partial charge on any atom is -0.476 e. The van der Waals surface area contributed by atoms with Crippen LogP contribution >= 0.6 is 0 Å². The van der Waals surface area contributed by atoms with Gasteiger partial charge in [0.05, 0.1) is 31.8 Å². The second-order valence-electron chi connectivity index (χ2n) is 7.26. The Kier molecular flexibility index (Phi) is 9.77. The second kappa shape index (κ2) is 11.3. The van der Waals surface area contributed by atoms with Crippen LogP contribution in [0.25, 0.3) is 0 Å². The van der Waals surface area contributed by atoms with Crippen LogP contribution in [0, 0.1) is 0 Å². The maximum absolute atomic E-state index is 11.9. The molecule has 0 bridgehead atoms. The summed E-state index contributed by atoms with van der Waals surface area (Å²) in [6.07, 6.45) is -8.17. The van der Waals surface area contributed by atoms with Crippen molar-refractivity contribution in [2.24, 2.45) is 0 Å². The van der Waals surface area contributed by atoms with Gasteiger partial charge in [-0.1, -0.05) is 0 Å². The van der Waals surface area contributed by atoms with Gasteiger partial charge in [0.1, 0.15) is 24.4 Å². The third-order valence-corrected chi connectivity index (χ3v) is 4.25. The topological polar surface area (TPSA) is 198 Å². The van der Waals surface area contributed by atoms with Gasteiger partial charge in [-0.25, -0.2) is 4.79 Å². The Morgan fingerprint density at radius 3 is 2.16 bits per heavy atom. The zero-order valence-electron chi connectivity index (χ0n) is 17.6. The van der Waals surface area contributed by atoms with Crippen LogP contribution in [-0.2, 0) is 38.1 Å². The average Bonchev–Trinajstić information content (AvgIpc) is 2.61. The van der Waals surface area contributed by atoms with Gasteiger partial charge < -0.3 is 44.7 Å². The number of rotatable bonds is 10. The number of carbonyl (C=O) groups is 4. The standard InChI is InChI=1S/C18H29NO12/c1-8(20)6-28-7-12(24)15(25)16-14(19-9(2)21)13(29-10(3)22)5-18(31-16,17(26)27)30-11(4)23/h8,12-16,20,24-25H,5-7H2,1-4H3,(H,19,21)(H,26,27)/t8?,12-,13+,14-,15-,16-,18+/m1/s1. The average molecular weight is 451 g/mol. The molecule has 0 radical (unpaired) electrons. The van der Waals surface area contributed by atoms with Gasteiger partial charge in [-0.2, -0.15) is 0 Å². The molecule has 1 rings (SSSR count). The largest absolute Gasteiger partial charge is 0.476 e. The van der Waals surface area contributed by atoms with Crippen molar-refractivity contribution in [1.82, 2.24) is 5.32 Å². The van der Waals surface area contributed by atoms with Crippen molar-refractivity contribution in [3.05, 3.63) is 0 Å². The SMILES string of the molecule is CC(=O)N[C@H]1[C@H]([C@H](O)[C@H](O)COCC(C)O)O[C@](OC(C)=O)(C(=O)O)C[C@@H]1OC(C)=O. The number of hydrogen-bond donors (Lipinski definition) is 5. The van der Waals surface area contributed by atoms with Crippen molar-refractivity contribution in [3.63, 3.8) is 0 Å². The number of amides is 1. The summed E-state index contributed by atoms with van der Waals surface area (Å²) >= 11 is 0. The van der Waals surface area contributed by atoms with E-state index >= 15 is 0 Å². The Morgan fingerprint density at radius 1 is 1.10 bits per heavy atom. The molecule has 0 spiro atoms. The van der Waals surface area contributed by atoms with E-state index in [1.54, 1.807) is 0 Å². The van der Waals surface area contributed by atoms with Crippen LogP contribution in [0.4, 0.5) is 0 Å². The summed E-state index contributed by atoms with van der Waals surface area (Å²) in [7, 11) is 0. The number of esters is 2. The lowest BCUT2D eigenvalue weighted by Gasteiger charge is -2.46. The Balaban J connectivity index is 3.32. The lowest BCUT2D eigenvalue weighted by Crippen LogP contribution is -2.68. The van der Waals surface area contributed by atoms with Gasteiger partial charge in [-0.05, 0) is 6.92 Å². The molecule has 1 aliphatic rings. The number of aliphatic carboxylic acids is 1. The molecule has 0 aromatic carbocycles. The van der Waals surface area contributed by atoms with E-state index in [0.29, 0.717) is 0 Å². The van der Waals surface area contributed by atoms with Crippen molar-refractivity contribution < 1.29 is 58.6 Å². The Bertz CT molecular complexity index is 668. The molecule has 1 fully saturated rings. The number of nitrogens with one attached hydrogen (secondary N) is 1. The maximum Gasteiger partial charge on any atom is 0.377 e. The van der Waals surface area contributed by atoms with Crippen molar-refractivity contribution in [1.29, 1.82) is 0 Å². The van der Waals surface area contributed by atoms with Gasteiger partial charge >= 0.3 is 23.7 Å². The molecule has 1 amide bonds. The first kappa shape index (κ1) is 26.7. The molecule has 0 aliphatic carbocycles. The fourth-order valence-electron chi connectivity index (χ4n) is 3.12. The number of carbonyl (C=O) groups excluding carboxylic acids is 3. The molecular weight excluding hydrogens is 422 g/mol. The van der Waals surface area contributed by atoms with Gasteiger partial charge in [0.15, 0.2) is 0 Å². The minimum absolute atomic E-state index is 0.160. The zero-order valence-corrected chi connectivity index (χ0v) is 17.6. The fraction of sp³-hybridized carbons (Fsp3) is 0.778. The second-order valence-corrected chi connectivity index (χ2v) is 7.26. The molecule has 178 valence electrons. The highest BCUT2D eigenvalue weighted by atomic mass is 16.7. The molecule has 31 heavy (non-hydrogen) atoms. The molecule has 0 saturated carbocycles. The first-order valence-corrected chi connectivity index (χ1v) is 9.46. The summed E-state index contributed by atoms with van der Waals surface area (Å²) in [5.74, 6) is -6.90. The number of ether oxygens (including phenoxy) is 4. The van der Waals surface area contributed by atoms with Crippen LogP contribution in [0.5, 0.6) is 0 Å². The van der Waals surface area contributed by atoms with Gasteiger partial charge in [0, 0.05) is 20.8 Å². The van der Waals surface area contributed by atoms with Crippen LogP contribution in [0.2, 0.25) is 0 Å². The molecule has 7 atom stereocenters. The summed E-state index contributed by atoms with van der Waals surface area (Å²) in [5, 5.41) is 42.2. The van der Waals surface area contributed by atoms with Gasteiger partial charge in [0.2, 0.25) is 5.91 Å². The van der Waals surface area contributed by atoms with E-state index in [2.05, 4.69) is 5.32 Å². The monoisotopic (exact) mass is 451 g/mol. The molecule has 13 nitrogen and oxygen atoms in total. The molecule has 1 unspecified atom stereocenters. The number of hydrogen-bond acceptors (Lipinski definition) is 11. The van der Waals surface area contributed by atoms with Crippen LogP contribution in [0.3, 0.4) is 0 Å². The molecule has 5 N–H and O–H groups in total. The third kappa shape index (κ3) is 7.70. The zero-order chi connectivity index (χ0) is 23.9. The van der Waals surface area contributed by atoms with Crippen molar-refractivity contribution in [3.8, 4) is 0 Å². The summed E-state index contributed by atoms with van der Waals surface area (Å²) in [6, 6.07) is -1.30. The molecule has 13 heteroatoms. The quantitative estimate of drug-likeness (QED) is 0.222. The smallest absolute Gasteiger partial charge is 0.377 e. The van der Waals surface area contributed by atoms with E-state index in [1.807, 2.05) is 0 Å². The molecule has 0 aromatic heterocycles. The van der Waals surface area contributed by atoms with E-state index in [1.165, 1.54) is 6.92 Å². The first-order chi connectivity index (χ1) is 14.3. The highest BCUT2D eigenvalue weighted by molar-refractivity contribution is 5.80. The molecule has 0 aromatic rings. The van der Waals surface area contributed by atoms with Crippen molar-refractivity contribution in [2.75, 3.05) is 13.2 Å². The van der Waals surface area contributed by atoms with Gasteiger partial charge in [-0.3, -0.25) is 14.4 Å². The Morgan fingerprint density at radius 2 is 1.71 bits per heavy atom. The predicted molar refractivity (Wildman–Crippen MR) is 99.3 cm³/mol. The number of carboxylic acid groups (broad SMARTS) is 1. The van der Waals surface area contributed by atoms with Crippen LogP contribution in [0.15, 0.2) is 0 Å². The minimum atomic E-state index is -2.66. The van der Waals surface area contributed by atoms with E-state index in [0.717, 1.165) is 20.8 Å². The normalized spacial score (nSPS) is 28.7. The summed E-state index contributed by atoms with van der Waals surface area (Å²) in [5.41, 5.74) is 0. The maximum atomic E-state index is 11.9. The van der Waals surface area contributed by atoms with Gasteiger partial charge in [-0.15, -0.1) is 0 Å². The van der Waals surface area contributed by atoms with Crippen molar-refractivity contribution in [2.45, 2.75) is 76.5 Å².